The molecule has 1 fully saturated rings. The lowest BCUT2D eigenvalue weighted by atomic mass is 10.2. The molecule has 0 saturated carbocycles. The van der Waals surface area contributed by atoms with E-state index in [0.717, 1.165) is 9.39 Å². The van der Waals surface area contributed by atoms with E-state index in [-0.39, 0.29) is 0 Å². The van der Waals surface area contributed by atoms with Gasteiger partial charge in [-0.3, -0.25) is 9.59 Å². The first-order valence-corrected chi connectivity index (χ1v) is 8.73. The Bertz CT molecular complexity index is 713. The minimum absolute atomic E-state index is 0.491. The second kappa shape index (κ2) is 7.61. The van der Waals surface area contributed by atoms with Gasteiger partial charge in [0.05, 0.1) is 0 Å². The molecule has 3 rings (SSSR count). The quantitative estimate of drug-likeness (QED) is 0.578. The van der Waals surface area contributed by atoms with Crippen molar-refractivity contribution in [2.45, 2.75) is 0 Å². The Kier molecular flexibility index (Phi) is 5.29. The normalized spacial score (nSPS) is 14.4. The van der Waals surface area contributed by atoms with Crippen LogP contribution >= 0.6 is 22.6 Å². The molecule has 6 nitrogen and oxygen atoms in total. The van der Waals surface area contributed by atoms with Crippen molar-refractivity contribution in [2.75, 3.05) is 36.4 Å². The van der Waals surface area contributed by atoms with Gasteiger partial charge in [0.25, 0.3) is 0 Å². The Hall–Kier alpha value is -2.16. The Morgan fingerprint density at radius 2 is 1.71 bits per heavy atom. The zero-order valence-corrected chi connectivity index (χ0v) is 15.1. The van der Waals surface area contributed by atoms with Crippen LogP contribution in [0, 0.1) is 3.57 Å². The molecule has 2 heterocycles. The van der Waals surface area contributed by atoms with Crippen LogP contribution in [0.4, 0.5) is 11.5 Å². The number of pyridine rings is 1. The van der Waals surface area contributed by atoms with E-state index >= 15 is 0 Å². The molecular formula is C17H17IN4O2. The van der Waals surface area contributed by atoms with E-state index in [4.69, 9.17) is 0 Å². The molecule has 1 aliphatic rings. The topological polar surface area (TPSA) is 65.5 Å². The molecule has 0 radical (unpaired) electrons. The molecule has 1 N–H and O–H groups in total. The zero-order chi connectivity index (χ0) is 16.9. The number of halogens is 1. The molecular weight excluding hydrogens is 419 g/mol. The molecule has 0 spiro atoms. The molecule has 0 unspecified atom stereocenters. The monoisotopic (exact) mass is 436 g/mol. The largest absolute Gasteiger partial charge is 0.353 e. The number of nitrogens with zero attached hydrogens (tertiary/aromatic N) is 3. The van der Waals surface area contributed by atoms with Crippen LogP contribution in [0.5, 0.6) is 0 Å². The zero-order valence-electron chi connectivity index (χ0n) is 13.0. The number of anilines is 2. The summed E-state index contributed by atoms with van der Waals surface area (Å²) in [5, 5.41) is 2.65. The fourth-order valence-corrected chi connectivity index (χ4v) is 2.90. The third kappa shape index (κ3) is 4.02. The summed E-state index contributed by atoms with van der Waals surface area (Å²) in [5.41, 5.74) is 0.626. The molecule has 2 aromatic rings. The summed E-state index contributed by atoms with van der Waals surface area (Å²) in [6, 6.07) is 13.1. The van der Waals surface area contributed by atoms with E-state index in [9.17, 15) is 9.59 Å². The molecule has 0 aliphatic carbocycles. The molecule has 124 valence electrons. The highest BCUT2D eigenvalue weighted by Gasteiger charge is 2.26. The van der Waals surface area contributed by atoms with Crippen molar-refractivity contribution in [1.29, 1.82) is 0 Å². The second-order valence-electron chi connectivity index (χ2n) is 5.43. The van der Waals surface area contributed by atoms with Crippen LogP contribution in [0.1, 0.15) is 0 Å². The number of carbonyl (C=O) groups is 2. The maximum absolute atomic E-state index is 12.3. The first kappa shape index (κ1) is 16.7. The molecule has 7 heteroatoms. The van der Waals surface area contributed by atoms with Crippen LogP contribution in [-0.4, -0.2) is 47.9 Å². The number of piperazine rings is 1. The van der Waals surface area contributed by atoms with E-state index in [1.54, 1.807) is 23.2 Å². The third-order valence-corrected chi connectivity index (χ3v) is 4.56. The number of hydrogen-bond acceptors (Lipinski definition) is 4. The summed E-state index contributed by atoms with van der Waals surface area (Å²) in [4.78, 5) is 32.4. The average molecular weight is 436 g/mol. The van der Waals surface area contributed by atoms with Crippen molar-refractivity contribution >= 4 is 45.9 Å². The summed E-state index contributed by atoms with van der Waals surface area (Å²) in [6.07, 6.45) is 1.75. The number of rotatable bonds is 2. The number of benzene rings is 1. The summed E-state index contributed by atoms with van der Waals surface area (Å²) < 4.78 is 1.07. The SMILES string of the molecule is O=C(Nc1ccc(I)cc1)C(=O)N1CCN(c2ccccn2)CC1. The van der Waals surface area contributed by atoms with Gasteiger partial charge < -0.3 is 15.1 Å². The summed E-state index contributed by atoms with van der Waals surface area (Å²) in [6.45, 7) is 2.35. The third-order valence-electron chi connectivity index (χ3n) is 3.84. The molecule has 0 atom stereocenters. The van der Waals surface area contributed by atoms with Crippen molar-refractivity contribution in [3.05, 3.63) is 52.2 Å². The van der Waals surface area contributed by atoms with Crippen LogP contribution in [0.25, 0.3) is 0 Å². The van der Waals surface area contributed by atoms with Gasteiger partial charge in [-0.15, -0.1) is 0 Å². The van der Waals surface area contributed by atoms with Gasteiger partial charge in [0.15, 0.2) is 0 Å². The van der Waals surface area contributed by atoms with E-state index in [1.807, 2.05) is 30.3 Å². The maximum Gasteiger partial charge on any atom is 0.313 e. The summed E-state index contributed by atoms with van der Waals surface area (Å²) in [5.74, 6) is -0.190. The Morgan fingerprint density at radius 1 is 1.00 bits per heavy atom. The van der Waals surface area contributed by atoms with Crippen molar-refractivity contribution in [1.82, 2.24) is 9.88 Å². The Labute approximate surface area is 154 Å². The van der Waals surface area contributed by atoms with Gasteiger partial charge in [0, 0.05) is 41.6 Å². The van der Waals surface area contributed by atoms with Crippen LogP contribution in [0.3, 0.4) is 0 Å². The first-order valence-electron chi connectivity index (χ1n) is 7.65. The molecule has 0 bridgehead atoms. The lowest BCUT2D eigenvalue weighted by Gasteiger charge is -2.34. The van der Waals surface area contributed by atoms with Crippen LogP contribution in [-0.2, 0) is 9.59 Å². The second-order valence-corrected chi connectivity index (χ2v) is 6.67. The van der Waals surface area contributed by atoms with Gasteiger partial charge in [0.1, 0.15) is 5.82 Å². The Balaban J connectivity index is 1.54. The number of aromatic nitrogens is 1. The fourth-order valence-electron chi connectivity index (χ4n) is 2.54. The van der Waals surface area contributed by atoms with Gasteiger partial charge in [-0.2, -0.15) is 0 Å². The molecule has 1 aromatic heterocycles. The lowest BCUT2D eigenvalue weighted by Crippen LogP contribution is -2.51. The highest BCUT2D eigenvalue weighted by molar-refractivity contribution is 14.1. The fraction of sp³-hybridized carbons (Fsp3) is 0.235. The smallest absolute Gasteiger partial charge is 0.313 e. The number of amides is 2. The van der Waals surface area contributed by atoms with Crippen LogP contribution < -0.4 is 10.2 Å². The van der Waals surface area contributed by atoms with Crippen molar-refractivity contribution in [3.63, 3.8) is 0 Å². The predicted octanol–water partition coefficient (Wildman–Crippen LogP) is 1.97. The highest BCUT2D eigenvalue weighted by atomic mass is 127. The lowest BCUT2D eigenvalue weighted by molar-refractivity contribution is -0.143. The van der Waals surface area contributed by atoms with E-state index in [0.29, 0.717) is 31.9 Å². The van der Waals surface area contributed by atoms with Gasteiger partial charge in [-0.25, -0.2) is 4.98 Å². The number of nitrogens with one attached hydrogen (secondary N) is 1. The van der Waals surface area contributed by atoms with Crippen LogP contribution in [0.15, 0.2) is 48.7 Å². The molecule has 1 saturated heterocycles. The molecule has 2 amide bonds. The van der Waals surface area contributed by atoms with Crippen molar-refractivity contribution in [2.24, 2.45) is 0 Å². The summed E-state index contributed by atoms with van der Waals surface area (Å²) >= 11 is 2.19. The maximum atomic E-state index is 12.3. The standard InChI is InChI=1S/C17H17IN4O2/c18-13-4-6-14(7-5-13)20-16(23)17(24)22-11-9-21(10-12-22)15-3-1-2-8-19-15/h1-8H,9-12H2,(H,20,23). The van der Waals surface area contributed by atoms with Gasteiger partial charge >= 0.3 is 11.8 Å². The van der Waals surface area contributed by atoms with Gasteiger partial charge in [0.2, 0.25) is 0 Å². The minimum Gasteiger partial charge on any atom is -0.353 e. The van der Waals surface area contributed by atoms with Gasteiger partial charge in [-0.1, -0.05) is 6.07 Å². The van der Waals surface area contributed by atoms with E-state index in [2.05, 4.69) is 37.8 Å². The predicted molar refractivity (Wildman–Crippen MR) is 101 cm³/mol. The number of carbonyl (C=O) groups excluding carboxylic acids is 2. The minimum atomic E-state index is -0.595. The van der Waals surface area contributed by atoms with Crippen LogP contribution in [0.2, 0.25) is 0 Å². The van der Waals surface area contributed by atoms with E-state index < -0.39 is 11.8 Å². The molecule has 1 aliphatic heterocycles. The summed E-state index contributed by atoms with van der Waals surface area (Å²) in [7, 11) is 0. The van der Waals surface area contributed by atoms with Crippen molar-refractivity contribution in [3.8, 4) is 0 Å². The van der Waals surface area contributed by atoms with Gasteiger partial charge in [-0.05, 0) is 59.0 Å². The highest BCUT2D eigenvalue weighted by Crippen LogP contribution is 2.14. The van der Waals surface area contributed by atoms with Crippen molar-refractivity contribution < 1.29 is 9.59 Å². The first-order chi connectivity index (χ1) is 11.6. The molecule has 1 aromatic carbocycles. The average Bonchev–Trinajstić information content (AvgIpc) is 2.64. The number of hydrogen-bond donors (Lipinski definition) is 1. The molecule has 24 heavy (non-hydrogen) atoms. The van der Waals surface area contributed by atoms with E-state index in [1.165, 1.54) is 0 Å². The Morgan fingerprint density at radius 3 is 2.33 bits per heavy atom.